The van der Waals surface area contributed by atoms with Crippen LogP contribution in [0.5, 0.6) is 11.5 Å². The molecule has 1 saturated heterocycles. The van der Waals surface area contributed by atoms with Crippen LogP contribution in [0.2, 0.25) is 0 Å². The summed E-state index contributed by atoms with van der Waals surface area (Å²) in [4.78, 5) is 13.1. The van der Waals surface area contributed by atoms with Crippen LogP contribution in [-0.2, 0) is 20.7 Å². The summed E-state index contributed by atoms with van der Waals surface area (Å²) in [5, 5.41) is 13.4. The van der Waals surface area contributed by atoms with Crippen LogP contribution in [0.4, 0.5) is 0 Å². The van der Waals surface area contributed by atoms with Crippen LogP contribution in [0.1, 0.15) is 56.4 Å². The van der Waals surface area contributed by atoms with E-state index in [9.17, 15) is 9.90 Å². The second-order valence-corrected chi connectivity index (χ2v) is 8.86. The summed E-state index contributed by atoms with van der Waals surface area (Å²) >= 11 is 0. The van der Waals surface area contributed by atoms with Crippen molar-refractivity contribution in [3.63, 3.8) is 0 Å². The van der Waals surface area contributed by atoms with Gasteiger partial charge in [-0.05, 0) is 71.6 Å². The number of carbonyl (C=O) groups is 1. The van der Waals surface area contributed by atoms with Gasteiger partial charge in [-0.2, -0.15) is 0 Å². The zero-order chi connectivity index (χ0) is 20.2. The van der Waals surface area contributed by atoms with Crippen LogP contribution >= 0.6 is 0 Å². The SMILES string of the molecule is Cc1c(C)c2c(c(C)c1O)CCC(C)(C(=O)NC1(C)COC(C)(C)OC1)O2. The van der Waals surface area contributed by atoms with Crippen molar-refractivity contribution in [3.05, 3.63) is 22.3 Å². The molecule has 150 valence electrons. The zero-order valence-corrected chi connectivity index (χ0v) is 17.4. The Morgan fingerprint density at radius 3 is 2.19 bits per heavy atom. The van der Waals surface area contributed by atoms with Crippen LogP contribution in [0.25, 0.3) is 0 Å². The lowest BCUT2D eigenvalue weighted by atomic mass is 9.86. The fourth-order valence-corrected chi connectivity index (χ4v) is 3.64. The Labute approximate surface area is 161 Å². The van der Waals surface area contributed by atoms with Crippen molar-refractivity contribution in [3.8, 4) is 11.5 Å². The molecule has 2 heterocycles. The molecule has 0 radical (unpaired) electrons. The lowest BCUT2D eigenvalue weighted by Gasteiger charge is -2.44. The van der Waals surface area contributed by atoms with Crippen molar-refractivity contribution < 1.29 is 24.1 Å². The number of nitrogens with one attached hydrogen (secondary N) is 1. The number of hydrogen-bond acceptors (Lipinski definition) is 5. The van der Waals surface area contributed by atoms with Gasteiger partial charge < -0.3 is 24.6 Å². The van der Waals surface area contributed by atoms with Crippen molar-refractivity contribution in [2.24, 2.45) is 0 Å². The number of amides is 1. The quantitative estimate of drug-likeness (QED) is 0.828. The van der Waals surface area contributed by atoms with E-state index in [1.165, 1.54) is 0 Å². The molecule has 0 saturated carbocycles. The first-order valence-electron chi connectivity index (χ1n) is 9.49. The molecular formula is C21H31NO5. The lowest BCUT2D eigenvalue weighted by molar-refractivity contribution is -0.268. The smallest absolute Gasteiger partial charge is 0.264 e. The van der Waals surface area contributed by atoms with E-state index in [4.69, 9.17) is 14.2 Å². The molecule has 0 aliphatic carbocycles. The molecule has 1 fully saturated rings. The second-order valence-electron chi connectivity index (χ2n) is 8.86. The zero-order valence-electron chi connectivity index (χ0n) is 17.4. The number of hydrogen-bond donors (Lipinski definition) is 2. The third-order valence-corrected chi connectivity index (χ3v) is 5.89. The Morgan fingerprint density at radius 2 is 1.59 bits per heavy atom. The minimum absolute atomic E-state index is 0.176. The summed E-state index contributed by atoms with van der Waals surface area (Å²) in [7, 11) is 0. The predicted molar refractivity (Wildman–Crippen MR) is 102 cm³/mol. The van der Waals surface area contributed by atoms with Gasteiger partial charge in [0.2, 0.25) is 0 Å². The minimum Gasteiger partial charge on any atom is -0.507 e. The number of aromatic hydroxyl groups is 1. The van der Waals surface area contributed by atoms with Crippen LogP contribution in [-0.4, -0.2) is 41.2 Å². The molecule has 0 aromatic heterocycles. The van der Waals surface area contributed by atoms with Gasteiger partial charge in [0.1, 0.15) is 11.5 Å². The molecule has 2 aliphatic rings. The van der Waals surface area contributed by atoms with Gasteiger partial charge in [0, 0.05) is 12.0 Å². The molecule has 6 heteroatoms. The summed E-state index contributed by atoms with van der Waals surface area (Å²) in [6.07, 6.45) is 1.22. The van der Waals surface area contributed by atoms with Crippen LogP contribution in [0.3, 0.4) is 0 Å². The number of ether oxygens (including phenoxy) is 3. The molecule has 1 unspecified atom stereocenters. The van der Waals surface area contributed by atoms with Crippen molar-refractivity contribution in [1.29, 1.82) is 0 Å². The highest BCUT2D eigenvalue weighted by Crippen LogP contribution is 2.43. The monoisotopic (exact) mass is 377 g/mol. The number of phenols is 1. The Kier molecular flexibility index (Phi) is 4.72. The first kappa shape index (κ1) is 20.0. The van der Waals surface area contributed by atoms with Gasteiger partial charge in [-0.25, -0.2) is 0 Å². The van der Waals surface area contributed by atoms with Crippen LogP contribution < -0.4 is 10.1 Å². The number of phenolic OH excluding ortho intramolecular Hbond substituents is 1. The maximum atomic E-state index is 13.1. The van der Waals surface area contributed by atoms with E-state index in [-0.39, 0.29) is 5.91 Å². The van der Waals surface area contributed by atoms with E-state index < -0.39 is 16.9 Å². The lowest BCUT2D eigenvalue weighted by Crippen LogP contribution is -2.63. The third kappa shape index (κ3) is 3.52. The molecule has 1 aromatic rings. The Bertz CT molecular complexity index is 776. The molecule has 2 N–H and O–H groups in total. The summed E-state index contributed by atoms with van der Waals surface area (Å²) in [5.41, 5.74) is 1.90. The largest absolute Gasteiger partial charge is 0.507 e. The first-order valence-corrected chi connectivity index (χ1v) is 9.49. The van der Waals surface area contributed by atoms with E-state index in [0.717, 1.165) is 22.3 Å². The molecule has 1 amide bonds. The fourth-order valence-electron chi connectivity index (χ4n) is 3.64. The van der Waals surface area contributed by atoms with Gasteiger partial charge >= 0.3 is 0 Å². The normalized spacial score (nSPS) is 26.0. The average Bonchev–Trinajstić information content (AvgIpc) is 2.61. The van der Waals surface area contributed by atoms with Gasteiger partial charge in [-0.3, -0.25) is 4.79 Å². The van der Waals surface area contributed by atoms with Crippen molar-refractivity contribution in [1.82, 2.24) is 5.32 Å². The van der Waals surface area contributed by atoms with Crippen LogP contribution in [0, 0.1) is 20.8 Å². The summed E-state index contributed by atoms with van der Waals surface area (Å²) in [6, 6.07) is 0. The minimum atomic E-state index is -0.983. The maximum absolute atomic E-state index is 13.1. The standard InChI is InChI=1S/C21H31NO5/c1-12-13(2)17-15(14(3)16(12)23)8-9-21(7,27-17)18(24)22-20(6)10-25-19(4,5)26-11-20/h23H,8-11H2,1-7H3,(H,22,24). The summed E-state index contributed by atoms with van der Waals surface area (Å²) in [5.74, 6) is 0.219. The summed E-state index contributed by atoms with van der Waals surface area (Å²) < 4.78 is 17.7. The Balaban J connectivity index is 1.82. The predicted octanol–water partition coefficient (Wildman–Crippen LogP) is 3.06. The second kappa shape index (κ2) is 6.38. The highest BCUT2D eigenvalue weighted by Gasteiger charge is 2.45. The van der Waals surface area contributed by atoms with Gasteiger partial charge in [0.25, 0.3) is 5.91 Å². The molecule has 1 aromatic carbocycles. The van der Waals surface area contributed by atoms with Crippen molar-refractivity contribution in [2.75, 3.05) is 13.2 Å². The fraction of sp³-hybridized carbons (Fsp3) is 0.667. The van der Waals surface area contributed by atoms with E-state index in [0.29, 0.717) is 37.6 Å². The molecule has 6 nitrogen and oxygen atoms in total. The first-order chi connectivity index (χ1) is 12.4. The highest BCUT2D eigenvalue weighted by atomic mass is 16.7. The van der Waals surface area contributed by atoms with E-state index in [1.54, 1.807) is 0 Å². The molecule has 27 heavy (non-hydrogen) atoms. The van der Waals surface area contributed by atoms with Gasteiger partial charge in [0.15, 0.2) is 11.4 Å². The number of rotatable bonds is 2. The molecule has 2 aliphatic heterocycles. The van der Waals surface area contributed by atoms with Crippen molar-refractivity contribution in [2.45, 2.75) is 78.2 Å². The number of benzene rings is 1. The highest BCUT2D eigenvalue weighted by molar-refractivity contribution is 5.86. The molecule has 1 atom stereocenters. The number of carbonyl (C=O) groups excluding carboxylic acids is 1. The van der Waals surface area contributed by atoms with Crippen molar-refractivity contribution >= 4 is 5.91 Å². The Hall–Kier alpha value is -1.79. The van der Waals surface area contributed by atoms with Gasteiger partial charge in [-0.15, -0.1) is 0 Å². The van der Waals surface area contributed by atoms with E-state index in [1.807, 2.05) is 48.5 Å². The summed E-state index contributed by atoms with van der Waals surface area (Å²) in [6.45, 7) is 13.9. The Morgan fingerprint density at radius 1 is 1.00 bits per heavy atom. The van der Waals surface area contributed by atoms with E-state index in [2.05, 4.69) is 5.32 Å². The van der Waals surface area contributed by atoms with Gasteiger partial charge in [0.05, 0.1) is 18.8 Å². The van der Waals surface area contributed by atoms with Crippen LogP contribution in [0.15, 0.2) is 0 Å². The van der Waals surface area contributed by atoms with Gasteiger partial charge in [-0.1, -0.05) is 0 Å². The molecular weight excluding hydrogens is 346 g/mol. The average molecular weight is 377 g/mol. The third-order valence-electron chi connectivity index (χ3n) is 5.89. The number of fused-ring (bicyclic) bond motifs is 1. The van der Waals surface area contributed by atoms with E-state index >= 15 is 0 Å². The molecule has 0 bridgehead atoms. The molecule has 0 spiro atoms. The molecule has 3 rings (SSSR count). The topological polar surface area (TPSA) is 77.0 Å². The maximum Gasteiger partial charge on any atom is 0.264 e.